The molecule has 0 rings (SSSR count). The minimum Gasteiger partial charge on any atom is -0.329 e. The summed E-state index contributed by atoms with van der Waals surface area (Å²) in [5.74, 6) is 0. The molecule has 0 saturated carbocycles. The molecule has 0 saturated heterocycles. The van der Waals surface area contributed by atoms with E-state index in [0.717, 1.165) is 13.1 Å². The summed E-state index contributed by atoms with van der Waals surface area (Å²) < 4.78 is 0. The predicted octanol–water partition coefficient (Wildman–Crippen LogP) is -0.631. The van der Waals surface area contributed by atoms with Gasteiger partial charge in [0.05, 0.1) is 0 Å². The van der Waals surface area contributed by atoms with Crippen molar-refractivity contribution in [2.45, 2.75) is 0 Å². The van der Waals surface area contributed by atoms with Crippen molar-refractivity contribution in [1.82, 2.24) is 5.32 Å². The van der Waals surface area contributed by atoms with Gasteiger partial charge in [0.15, 0.2) is 0 Å². The Morgan fingerprint density at radius 3 is 2.50 bits per heavy atom. The van der Waals surface area contributed by atoms with Gasteiger partial charge in [-0.05, 0) is 13.5 Å². The quantitative estimate of drug-likeness (QED) is 0.450. The zero-order chi connectivity index (χ0) is 4.83. The maximum absolute atomic E-state index is 5.12. The molecule has 0 aliphatic carbocycles. The monoisotopic (exact) mass is 87.1 g/mol. The van der Waals surface area contributed by atoms with Crippen LogP contribution in [-0.4, -0.2) is 19.6 Å². The van der Waals surface area contributed by atoms with Crippen LogP contribution < -0.4 is 11.1 Å². The molecule has 0 bridgehead atoms. The minimum absolute atomic E-state index is 0.704. The highest BCUT2D eigenvalue weighted by Crippen LogP contribution is 1.47. The van der Waals surface area contributed by atoms with Crippen LogP contribution in [0.5, 0.6) is 0 Å². The molecule has 6 heavy (non-hydrogen) atoms. The maximum Gasteiger partial charge on any atom is 0.00745 e. The molecule has 0 aliphatic heterocycles. The zero-order valence-corrected chi connectivity index (χ0v) is 3.91. The summed E-state index contributed by atoms with van der Waals surface area (Å²) in [5.41, 5.74) is 5.12. The second kappa shape index (κ2) is 4.92. The molecule has 2 heteroatoms. The van der Waals surface area contributed by atoms with E-state index in [0.29, 0.717) is 6.54 Å². The van der Waals surface area contributed by atoms with Crippen LogP contribution in [-0.2, 0) is 0 Å². The van der Waals surface area contributed by atoms with Gasteiger partial charge in [-0.3, -0.25) is 0 Å². The van der Waals surface area contributed by atoms with Crippen LogP contribution in [0.1, 0.15) is 0 Å². The molecule has 0 aliphatic rings. The smallest absolute Gasteiger partial charge is 0.00745 e. The van der Waals surface area contributed by atoms with Crippen LogP contribution in [0, 0.1) is 6.92 Å². The first-order valence-electron chi connectivity index (χ1n) is 2.12. The Morgan fingerprint density at radius 2 is 2.33 bits per heavy atom. The topological polar surface area (TPSA) is 38.0 Å². The van der Waals surface area contributed by atoms with Crippen molar-refractivity contribution in [3.05, 3.63) is 6.92 Å². The van der Waals surface area contributed by atoms with Gasteiger partial charge in [-0.2, -0.15) is 0 Å². The van der Waals surface area contributed by atoms with Crippen LogP contribution in [0.15, 0.2) is 0 Å². The van der Waals surface area contributed by atoms with Crippen molar-refractivity contribution in [2.24, 2.45) is 5.73 Å². The summed E-state index contributed by atoms with van der Waals surface area (Å²) >= 11 is 0. The first kappa shape index (κ1) is 5.92. The van der Waals surface area contributed by atoms with E-state index in [4.69, 9.17) is 5.73 Å². The van der Waals surface area contributed by atoms with Crippen LogP contribution in [0.25, 0.3) is 0 Å². The highest BCUT2D eigenvalue weighted by molar-refractivity contribution is 4.45. The highest BCUT2D eigenvalue weighted by atomic mass is 14.9. The molecule has 1 radical (unpaired) electrons. The van der Waals surface area contributed by atoms with Crippen LogP contribution in [0.4, 0.5) is 0 Å². The fourth-order valence-electron chi connectivity index (χ4n) is 0.227. The number of hydrogen-bond acceptors (Lipinski definition) is 2. The van der Waals surface area contributed by atoms with E-state index in [1.807, 2.05) is 0 Å². The average molecular weight is 87.1 g/mol. The summed E-state index contributed by atoms with van der Waals surface area (Å²) in [6.45, 7) is 5.91. The van der Waals surface area contributed by atoms with Crippen LogP contribution in [0.3, 0.4) is 0 Å². The van der Waals surface area contributed by atoms with Gasteiger partial charge in [0.2, 0.25) is 0 Å². The molecule has 0 amide bonds. The van der Waals surface area contributed by atoms with E-state index in [1.54, 1.807) is 0 Å². The number of rotatable bonds is 3. The lowest BCUT2D eigenvalue weighted by molar-refractivity contribution is 0.752. The van der Waals surface area contributed by atoms with Crippen LogP contribution in [0.2, 0.25) is 0 Å². The van der Waals surface area contributed by atoms with Crippen molar-refractivity contribution >= 4 is 0 Å². The molecule has 0 aromatic carbocycles. The van der Waals surface area contributed by atoms with Crippen LogP contribution >= 0.6 is 0 Å². The largest absolute Gasteiger partial charge is 0.329 e. The Labute approximate surface area is 38.7 Å². The van der Waals surface area contributed by atoms with E-state index < -0.39 is 0 Å². The average Bonchev–Trinajstić information content (AvgIpc) is 1.61. The summed E-state index contributed by atoms with van der Waals surface area (Å²) in [5, 5.41) is 2.96. The summed E-state index contributed by atoms with van der Waals surface area (Å²) in [6, 6.07) is 0. The van der Waals surface area contributed by atoms with Gasteiger partial charge in [0, 0.05) is 13.1 Å². The van der Waals surface area contributed by atoms with Gasteiger partial charge < -0.3 is 11.1 Å². The van der Waals surface area contributed by atoms with Gasteiger partial charge in [0.1, 0.15) is 0 Å². The van der Waals surface area contributed by atoms with Crippen molar-refractivity contribution in [3.8, 4) is 0 Å². The second-order valence-electron chi connectivity index (χ2n) is 1.04. The van der Waals surface area contributed by atoms with Gasteiger partial charge in [-0.25, -0.2) is 0 Å². The SMILES string of the molecule is [CH2]CNCCN. The van der Waals surface area contributed by atoms with Gasteiger partial charge in [0.25, 0.3) is 0 Å². The number of nitrogens with one attached hydrogen (secondary N) is 1. The summed E-state index contributed by atoms with van der Waals surface area (Å²) in [6.07, 6.45) is 0. The molecule has 0 atom stereocenters. The standard InChI is InChI=1S/C4H11N2/c1-2-6-4-3-5/h6H,1-5H2. The number of nitrogens with two attached hydrogens (primary N) is 1. The summed E-state index contributed by atoms with van der Waals surface area (Å²) in [7, 11) is 0. The Balaban J connectivity index is 2.34. The highest BCUT2D eigenvalue weighted by Gasteiger charge is 1.71. The minimum atomic E-state index is 0.704. The van der Waals surface area contributed by atoms with E-state index in [-0.39, 0.29) is 0 Å². The van der Waals surface area contributed by atoms with E-state index in [9.17, 15) is 0 Å². The maximum atomic E-state index is 5.12. The third-order valence-corrected chi connectivity index (χ3v) is 0.498. The normalized spacial score (nSPS) is 9.00. The van der Waals surface area contributed by atoms with Crippen molar-refractivity contribution in [2.75, 3.05) is 19.6 Å². The van der Waals surface area contributed by atoms with Gasteiger partial charge >= 0.3 is 0 Å². The van der Waals surface area contributed by atoms with Crippen molar-refractivity contribution in [1.29, 1.82) is 0 Å². The lowest BCUT2D eigenvalue weighted by atomic mass is 10.6. The lowest BCUT2D eigenvalue weighted by Crippen LogP contribution is -2.21. The number of hydrogen-bond donors (Lipinski definition) is 2. The molecule has 0 fully saturated rings. The molecule has 0 unspecified atom stereocenters. The molecule has 0 heterocycles. The third kappa shape index (κ3) is 3.92. The van der Waals surface area contributed by atoms with E-state index in [1.165, 1.54) is 0 Å². The molecule has 2 nitrogen and oxygen atoms in total. The van der Waals surface area contributed by atoms with E-state index in [2.05, 4.69) is 12.2 Å². The molecule has 0 spiro atoms. The van der Waals surface area contributed by atoms with Gasteiger partial charge in [-0.1, -0.05) is 0 Å². The molecular weight excluding hydrogens is 76.1 g/mol. The van der Waals surface area contributed by atoms with Crippen molar-refractivity contribution in [3.63, 3.8) is 0 Å². The third-order valence-electron chi connectivity index (χ3n) is 0.498. The second-order valence-corrected chi connectivity index (χ2v) is 1.04. The Bertz CT molecular complexity index is 17.5. The molecule has 37 valence electrons. The Kier molecular flexibility index (Phi) is 4.85. The first-order chi connectivity index (χ1) is 2.91. The molecule has 3 N–H and O–H groups in total. The molecule has 0 aromatic heterocycles. The fraction of sp³-hybridized carbons (Fsp3) is 0.750. The Hall–Kier alpha value is -0.0800. The molecule has 0 aromatic rings. The summed E-state index contributed by atoms with van der Waals surface area (Å²) in [4.78, 5) is 0. The molecular formula is C4H11N2. The lowest BCUT2D eigenvalue weighted by Gasteiger charge is -1.91. The fourth-order valence-corrected chi connectivity index (χ4v) is 0.227. The van der Waals surface area contributed by atoms with E-state index >= 15 is 0 Å². The predicted molar refractivity (Wildman–Crippen MR) is 27.3 cm³/mol. The van der Waals surface area contributed by atoms with Gasteiger partial charge in [-0.15, -0.1) is 0 Å². The Morgan fingerprint density at radius 1 is 1.67 bits per heavy atom. The van der Waals surface area contributed by atoms with Crippen molar-refractivity contribution < 1.29 is 0 Å². The first-order valence-corrected chi connectivity index (χ1v) is 2.12. The zero-order valence-electron chi connectivity index (χ0n) is 3.91.